The van der Waals surface area contributed by atoms with Gasteiger partial charge in [-0.25, -0.2) is 0 Å². The number of hydrogen-bond donors (Lipinski definition) is 2. The van der Waals surface area contributed by atoms with Crippen LogP contribution < -0.4 is 5.73 Å². The minimum atomic E-state index is -2.84. The molecule has 0 amide bonds. The smallest absolute Gasteiger partial charge is 0.210 e. The minimum absolute atomic E-state index is 0.103. The molecule has 0 aromatic heterocycles. The minimum Gasteiger partial charge on any atom is -0.391 e. The van der Waals surface area contributed by atoms with Crippen LogP contribution in [0.25, 0.3) is 0 Å². The summed E-state index contributed by atoms with van der Waals surface area (Å²) in [6.45, 7) is 2.28. The van der Waals surface area contributed by atoms with Gasteiger partial charge in [-0.2, -0.15) is 0 Å². The molecule has 0 aliphatic carbocycles. The maximum Gasteiger partial charge on any atom is 0.210 e. The molecule has 0 spiro atoms. The summed E-state index contributed by atoms with van der Waals surface area (Å²) in [5.41, 5.74) is 6.29. The lowest BCUT2D eigenvalue weighted by Crippen LogP contribution is -2.24. The van der Waals surface area contributed by atoms with E-state index in [9.17, 15) is 9.67 Å². The van der Waals surface area contributed by atoms with Crippen molar-refractivity contribution in [2.75, 3.05) is 19.3 Å². The van der Waals surface area contributed by atoms with Crippen LogP contribution in [0.2, 0.25) is 0 Å². The maximum atomic E-state index is 12.5. The molecule has 0 saturated carbocycles. The number of aliphatic hydroxyl groups is 1. The fourth-order valence-electron chi connectivity index (χ4n) is 1.66. The summed E-state index contributed by atoms with van der Waals surface area (Å²) < 4.78 is 17.9. The summed E-state index contributed by atoms with van der Waals surface area (Å²) in [5.74, 6) is 0. The van der Waals surface area contributed by atoms with Crippen molar-refractivity contribution in [3.63, 3.8) is 0 Å². The zero-order valence-corrected chi connectivity index (χ0v) is 11.0. The summed E-state index contributed by atoms with van der Waals surface area (Å²) in [6, 6.07) is 9.50. The molecule has 0 bridgehead atoms. The second-order valence-corrected chi connectivity index (χ2v) is 6.52. The van der Waals surface area contributed by atoms with E-state index in [1.807, 2.05) is 30.3 Å². The van der Waals surface area contributed by atoms with E-state index in [0.29, 0.717) is 12.8 Å². The molecular formula is C12H20NO3P. The monoisotopic (exact) mass is 257 g/mol. The van der Waals surface area contributed by atoms with E-state index in [4.69, 9.17) is 10.3 Å². The Morgan fingerprint density at radius 1 is 1.41 bits per heavy atom. The third kappa shape index (κ3) is 5.00. The van der Waals surface area contributed by atoms with Gasteiger partial charge in [0.05, 0.1) is 18.9 Å². The average molecular weight is 257 g/mol. The Balaban J connectivity index is 2.74. The van der Waals surface area contributed by atoms with Crippen molar-refractivity contribution in [3.05, 3.63) is 35.9 Å². The van der Waals surface area contributed by atoms with Crippen molar-refractivity contribution < 1.29 is 14.2 Å². The topological polar surface area (TPSA) is 72.5 Å². The molecule has 0 radical (unpaired) electrons. The van der Waals surface area contributed by atoms with Crippen LogP contribution in [0.5, 0.6) is 0 Å². The SMILES string of the molecule is CCOP(=O)(Cc1ccccc1)C[C@@H](O)CN. The highest BCUT2D eigenvalue weighted by Gasteiger charge is 2.26. The van der Waals surface area contributed by atoms with E-state index in [1.54, 1.807) is 6.92 Å². The molecule has 5 heteroatoms. The van der Waals surface area contributed by atoms with Gasteiger partial charge in [0.15, 0.2) is 0 Å². The molecule has 1 aromatic rings. The van der Waals surface area contributed by atoms with Crippen LogP contribution in [0.4, 0.5) is 0 Å². The van der Waals surface area contributed by atoms with Crippen molar-refractivity contribution in [2.45, 2.75) is 19.2 Å². The third-order valence-corrected chi connectivity index (χ3v) is 4.95. The van der Waals surface area contributed by atoms with Crippen LogP contribution in [0, 0.1) is 0 Å². The van der Waals surface area contributed by atoms with Crippen LogP contribution in [-0.4, -0.2) is 30.5 Å². The normalized spacial score (nSPS) is 16.4. The molecule has 0 aliphatic rings. The van der Waals surface area contributed by atoms with Crippen molar-refractivity contribution in [1.29, 1.82) is 0 Å². The molecule has 1 unspecified atom stereocenters. The molecule has 0 saturated heterocycles. The number of nitrogens with two attached hydrogens (primary N) is 1. The van der Waals surface area contributed by atoms with Crippen molar-refractivity contribution in [1.82, 2.24) is 0 Å². The molecule has 1 rings (SSSR count). The summed E-state index contributed by atoms with van der Waals surface area (Å²) in [4.78, 5) is 0. The van der Waals surface area contributed by atoms with Crippen LogP contribution in [0.1, 0.15) is 12.5 Å². The Morgan fingerprint density at radius 2 is 2.06 bits per heavy atom. The van der Waals surface area contributed by atoms with Gasteiger partial charge in [0.1, 0.15) is 0 Å². The van der Waals surface area contributed by atoms with E-state index in [0.717, 1.165) is 5.56 Å². The van der Waals surface area contributed by atoms with Gasteiger partial charge in [-0.05, 0) is 12.5 Å². The predicted molar refractivity (Wildman–Crippen MR) is 69.3 cm³/mol. The highest BCUT2D eigenvalue weighted by Crippen LogP contribution is 2.50. The molecular weight excluding hydrogens is 237 g/mol. The lowest BCUT2D eigenvalue weighted by Gasteiger charge is -2.20. The summed E-state index contributed by atoms with van der Waals surface area (Å²) in [6.07, 6.45) is -0.304. The Morgan fingerprint density at radius 3 is 2.59 bits per heavy atom. The summed E-state index contributed by atoms with van der Waals surface area (Å²) >= 11 is 0. The zero-order valence-electron chi connectivity index (χ0n) is 10.1. The number of rotatable bonds is 7. The van der Waals surface area contributed by atoms with Gasteiger partial charge in [-0.1, -0.05) is 30.3 Å². The van der Waals surface area contributed by atoms with Gasteiger partial charge in [0.2, 0.25) is 7.37 Å². The van der Waals surface area contributed by atoms with Crippen molar-refractivity contribution in [2.24, 2.45) is 5.73 Å². The Bertz CT molecular complexity index is 369. The lowest BCUT2D eigenvalue weighted by molar-refractivity contribution is 0.198. The second kappa shape index (κ2) is 6.92. The van der Waals surface area contributed by atoms with Crippen LogP contribution in [-0.2, 0) is 15.3 Å². The standard InChI is InChI=1S/C12H20NO3P/c1-2-16-17(15,10-12(14)8-13)9-11-6-4-3-5-7-11/h3-7,12,14H,2,8-10,13H2,1H3/t12-,17?/m0/s1. The van der Waals surface area contributed by atoms with Crippen molar-refractivity contribution in [3.8, 4) is 0 Å². The van der Waals surface area contributed by atoms with Gasteiger partial charge in [0.25, 0.3) is 0 Å². The van der Waals surface area contributed by atoms with E-state index in [-0.39, 0.29) is 12.7 Å². The highest BCUT2D eigenvalue weighted by molar-refractivity contribution is 7.58. The molecule has 0 fully saturated rings. The highest BCUT2D eigenvalue weighted by atomic mass is 31.2. The molecule has 4 nitrogen and oxygen atoms in total. The Kier molecular flexibility index (Phi) is 5.86. The third-order valence-electron chi connectivity index (χ3n) is 2.39. The molecule has 0 aliphatic heterocycles. The van der Waals surface area contributed by atoms with Crippen LogP contribution >= 0.6 is 7.37 Å². The Hall–Kier alpha value is -0.670. The fraction of sp³-hybridized carbons (Fsp3) is 0.500. The quantitative estimate of drug-likeness (QED) is 0.731. The number of hydrogen-bond acceptors (Lipinski definition) is 4. The molecule has 17 heavy (non-hydrogen) atoms. The maximum absolute atomic E-state index is 12.5. The molecule has 3 N–H and O–H groups in total. The zero-order chi connectivity index (χ0) is 12.7. The van der Waals surface area contributed by atoms with Crippen LogP contribution in [0.3, 0.4) is 0 Å². The lowest BCUT2D eigenvalue weighted by atomic mass is 10.2. The van der Waals surface area contributed by atoms with Gasteiger partial charge in [-0.15, -0.1) is 0 Å². The van der Waals surface area contributed by atoms with Crippen molar-refractivity contribution >= 4 is 7.37 Å². The largest absolute Gasteiger partial charge is 0.391 e. The molecule has 0 heterocycles. The first-order chi connectivity index (χ1) is 8.09. The van der Waals surface area contributed by atoms with Gasteiger partial charge >= 0.3 is 0 Å². The first-order valence-electron chi connectivity index (χ1n) is 5.74. The fourth-order valence-corrected chi connectivity index (χ4v) is 4.01. The second-order valence-electron chi connectivity index (χ2n) is 3.95. The molecule has 1 aromatic carbocycles. The van der Waals surface area contributed by atoms with E-state index in [2.05, 4.69) is 0 Å². The first-order valence-corrected chi connectivity index (χ1v) is 7.74. The van der Waals surface area contributed by atoms with Crippen LogP contribution in [0.15, 0.2) is 30.3 Å². The molecule has 2 atom stereocenters. The predicted octanol–water partition coefficient (Wildman–Crippen LogP) is 1.82. The summed E-state index contributed by atoms with van der Waals surface area (Å²) in [7, 11) is -2.84. The summed E-state index contributed by atoms with van der Waals surface area (Å²) in [5, 5.41) is 9.52. The Labute approximate surface area is 102 Å². The van der Waals surface area contributed by atoms with E-state index >= 15 is 0 Å². The van der Waals surface area contributed by atoms with Gasteiger partial charge in [0, 0.05) is 12.7 Å². The van der Waals surface area contributed by atoms with Gasteiger partial charge in [-0.3, -0.25) is 4.57 Å². The number of aliphatic hydroxyl groups excluding tert-OH is 1. The number of benzene rings is 1. The van der Waals surface area contributed by atoms with E-state index < -0.39 is 13.5 Å². The first kappa shape index (κ1) is 14.4. The average Bonchev–Trinajstić information content (AvgIpc) is 2.30. The molecule has 96 valence electrons. The van der Waals surface area contributed by atoms with E-state index in [1.165, 1.54) is 0 Å². The van der Waals surface area contributed by atoms with Gasteiger partial charge < -0.3 is 15.4 Å².